The molecule has 0 amide bonds. The molecule has 1 aliphatic rings. The first-order valence-corrected chi connectivity index (χ1v) is 8.36. The summed E-state index contributed by atoms with van der Waals surface area (Å²) >= 11 is 3.25. The Kier molecular flexibility index (Phi) is 3.73. The van der Waals surface area contributed by atoms with Crippen LogP contribution in [0.3, 0.4) is 0 Å². The fourth-order valence-electron chi connectivity index (χ4n) is 1.85. The molecule has 0 unspecified atom stereocenters. The minimum atomic E-state index is -3.71. The quantitative estimate of drug-likeness (QED) is 0.897. The van der Waals surface area contributed by atoms with E-state index in [2.05, 4.69) is 25.6 Å². The summed E-state index contributed by atoms with van der Waals surface area (Å²) < 4.78 is 38.6. The van der Waals surface area contributed by atoms with Gasteiger partial charge in [0.1, 0.15) is 13.2 Å². The molecule has 110 valence electrons. The number of ether oxygens (including phenoxy) is 2. The van der Waals surface area contributed by atoms with E-state index in [9.17, 15) is 8.42 Å². The topological polar surface area (TPSA) is 77.5 Å². The second-order valence-corrected chi connectivity index (χ2v) is 6.80. The highest BCUT2D eigenvalue weighted by molar-refractivity contribution is 9.10. The first-order chi connectivity index (χ1) is 10.1. The molecule has 1 aromatic heterocycles. The third-order valence-electron chi connectivity index (χ3n) is 2.84. The van der Waals surface area contributed by atoms with Crippen molar-refractivity contribution in [1.29, 1.82) is 0 Å². The lowest BCUT2D eigenvalue weighted by Gasteiger charge is -2.19. The van der Waals surface area contributed by atoms with Gasteiger partial charge in [-0.05, 0) is 34.1 Å². The molecule has 3 rings (SSSR count). The molecule has 1 N–H and O–H groups in total. The van der Waals surface area contributed by atoms with Gasteiger partial charge in [0.2, 0.25) is 0 Å². The molecule has 0 fully saturated rings. The Bertz CT molecular complexity index is 779. The minimum Gasteiger partial charge on any atom is -0.486 e. The maximum atomic E-state index is 12.4. The lowest BCUT2D eigenvalue weighted by molar-refractivity contribution is 0.171. The smallest absolute Gasteiger partial charge is 0.262 e. The van der Waals surface area contributed by atoms with Crippen molar-refractivity contribution in [3.8, 4) is 11.5 Å². The summed E-state index contributed by atoms with van der Waals surface area (Å²) in [6.07, 6.45) is 3.02. The molecule has 2 aromatic rings. The van der Waals surface area contributed by atoms with Crippen molar-refractivity contribution in [3.05, 3.63) is 41.1 Å². The molecule has 0 spiro atoms. The summed E-state index contributed by atoms with van der Waals surface area (Å²) in [6, 6.07) is 6.08. The van der Waals surface area contributed by atoms with Crippen LogP contribution in [0.1, 0.15) is 0 Å². The van der Waals surface area contributed by atoms with Gasteiger partial charge in [-0.1, -0.05) is 0 Å². The van der Waals surface area contributed by atoms with Crippen LogP contribution in [0.15, 0.2) is 46.0 Å². The Labute approximate surface area is 130 Å². The van der Waals surface area contributed by atoms with Gasteiger partial charge < -0.3 is 9.47 Å². The zero-order chi connectivity index (χ0) is 14.9. The van der Waals surface area contributed by atoms with Crippen molar-refractivity contribution in [1.82, 2.24) is 4.98 Å². The van der Waals surface area contributed by atoms with Gasteiger partial charge in [-0.3, -0.25) is 9.71 Å². The molecular formula is C13H11BrN2O4S. The number of fused-ring (bicyclic) bond motifs is 1. The van der Waals surface area contributed by atoms with E-state index in [0.717, 1.165) is 0 Å². The molecule has 0 aliphatic carbocycles. The third-order valence-corrected chi connectivity index (χ3v) is 4.84. The summed E-state index contributed by atoms with van der Waals surface area (Å²) in [5.41, 5.74) is 0.417. The fourth-order valence-corrected chi connectivity index (χ4v) is 3.43. The third kappa shape index (κ3) is 2.96. The molecule has 6 nitrogen and oxygen atoms in total. The van der Waals surface area contributed by atoms with Gasteiger partial charge in [0.25, 0.3) is 10.0 Å². The summed E-state index contributed by atoms with van der Waals surface area (Å²) in [5.74, 6) is 0.975. The van der Waals surface area contributed by atoms with E-state index < -0.39 is 10.0 Å². The van der Waals surface area contributed by atoms with E-state index in [1.54, 1.807) is 12.1 Å². The van der Waals surface area contributed by atoms with Crippen LogP contribution in [0.25, 0.3) is 0 Å². The van der Waals surface area contributed by atoms with Gasteiger partial charge in [0.05, 0.1) is 15.1 Å². The number of nitrogens with zero attached hydrogens (tertiary/aromatic N) is 1. The maximum Gasteiger partial charge on any atom is 0.262 e. The zero-order valence-electron chi connectivity index (χ0n) is 10.7. The summed E-state index contributed by atoms with van der Waals surface area (Å²) in [6.45, 7) is 0.862. The number of pyridine rings is 1. The standard InChI is InChI=1S/C13H11BrN2O4S/c14-10-8-15-4-3-11(10)16-21(17,18)9-1-2-12-13(7-9)20-6-5-19-12/h1-4,7-8H,5-6H2,(H,15,16). The van der Waals surface area contributed by atoms with Gasteiger partial charge in [0.15, 0.2) is 11.5 Å². The number of sulfonamides is 1. The van der Waals surface area contributed by atoms with Crippen LogP contribution in [0.5, 0.6) is 11.5 Å². The van der Waals surface area contributed by atoms with Gasteiger partial charge in [0, 0.05) is 18.5 Å². The van der Waals surface area contributed by atoms with Gasteiger partial charge in [-0.25, -0.2) is 8.42 Å². The van der Waals surface area contributed by atoms with E-state index in [1.807, 2.05) is 0 Å². The second-order valence-electron chi connectivity index (χ2n) is 4.27. The largest absolute Gasteiger partial charge is 0.486 e. The molecular weight excluding hydrogens is 360 g/mol. The van der Waals surface area contributed by atoms with Crippen molar-refractivity contribution in [3.63, 3.8) is 0 Å². The van der Waals surface area contributed by atoms with Crippen molar-refractivity contribution in [2.24, 2.45) is 0 Å². The van der Waals surface area contributed by atoms with Crippen LogP contribution in [-0.2, 0) is 10.0 Å². The van der Waals surface area contributed by atoms with Crippen molar-refractivity contribution in [2.75, 3.05) is 17.9 Å². The molecule has 0 saturated carbocycles. The normalized spacial score (nSPS) is 13.8. The Morgan fingerprint density at radius 1 is 1.14 bits per heavy atom. The molecule has 1 aromatic carbocycles. The van der Waals surface area contributed by atoms with E-state index in [1.165, 1.54) is 24.5 Å². The number of halogens is 1. The molecule has 0 atom stereocenters. The number of rotatable bonds is 3. The molecule has 0 saturated heterocycles. The van der Waals surface area contributed by atoms with Crippen molar-refractivity contribution >= 4 is 31.6 Å². The van der Waals surface area contributed by atoms with Crippen LogP contribution in [0.4, 0.5) is 5.69 Å². The Morgan fingerprint density at radius 2 is 1.90 bits per heavy atom. The molecule has 8 heteroatoms. The average molecular weight is 371 g/mol. The van der Waals surface area contributed by atoms with Crippen LogP contribution < -0.4 is 14.2 Å². The van der Waals surface area contributed by atoms with Crippen molar-refractivity contribution in [2.45, 2.75) is 4.90 Å². The van der Waals surface area contributed by atoms with E-state index in [0.29, 0.717) is 34.9 Å². The maximum absolute atomic E-state index is 12.4. The molecule has 0 bridgehead atoms. The zero-order valence-corrected chi connectivity index (χ0v) is 13.1. The Hall–Kier alpha value is -1.80. The predicted octanol–water partition coefficient (Wildman–Crippen LogP) is 2.42. The number of nitrogens with one attached hydrogen (secondary N) is 1. The monoisotopic (exact) mass is 370 g/mol. The summed E-state index contributed by atoms with van der Waals surface area (Å²) in [7, 11) is -3.71. The van der Waals surface area contributed by atoms with Crippen LogP contribution >= 0.6 is 15.9 Å². The van der Waals surface area contributed by atoms with Gasteiger partial charge in [-0.2, -0.15) is 0 Å². The highest BCUT2D eigenvalue weighted by Gasteiger charge is 2.20. The average Bonchev–Trinajstić information content (AvgIpc) is 2.49. The number of benzene rings is 1. The summed E-state index contributed by atoms with van der Waals surface area (Å²) in [4.78, 5) is 3.99. The minimum absolute atomic E-state index is 0.107. The van der Waals surface area contributed by atoms with Crippen molar-refractivity contribution < 1.29 is 17.9 Å². The van der Waals surface area contributed by atoms with E-state index in [-0.39, 0.29) is 4.90 Å². The number of hydrogen-bond donors (Lipinski definition) is 1. The van der Waals surface area contributed by atoms with Gasteiger partial charge >= 0.3 is 0 Å². The number of anilines is 1. The summed E-state index contributed by atoms with van der Waals surface area (Å²) in [5, 5.41) is 0. The number of aromatic nitrogens is 1. The second kappa shape index (κ2) is 5.53. The van der Waals surface area contributed by atoms with Crippen LogP contribution in [0.2, 0.25) is 0 Å². The van der Waals surface area contributed by atoms with E-state index >= 15 is 0 Å². The fraction of sp³-hybridized carbons (Fsp3) is 0.154. The molecule has 2 heterocycles. The predicted molar refractivity (Wildman–Crippen MR) is 80.2 cm³/mol. The lowest BCUT2D eigenvalue weighted by Crippen LogP contribution is -2.17. The van der Waals surface area contributed by atoms with Gasteiger partial charge in [-0.15, -0.1) is 0 Å². The van der Waals surface area contributed by atoms with E-state index in [4.69, 9.17) is 9.47 Å². The first kappa shape index (κ1) is 14.2. The lowest BCUT2D eigenvalue weighted by atomic mass is 10.3. The Morgan fingerprint density at radius 3 is 2.67 bits per heavy atom. The Balaban J connectivity index is 1.93. The highest BCUT2D eigenvalue weighted by atomic mass is 79.9. The SMILES string of the molecule is O=S(=O)(Nc1ccncc1Br)c1ccc2c(c1)OCCO2. The van der Waals surface area contributed by atoms with Crippen LogP contribution in [0, 0.1) is 0 Å². The molecule has 1 aliphatic heterocycles. The molecule has 0 radical (unpaired) electrons. The molecule has 21 heavy (non-hydrogen) atoms. The van der Waals surface area contributed by atoms with Crippen LogP contribution in [-0.4, -0.2) is 26.6 Å². The highest BCUT2D eigenvalue weighted by Crippen LogP contribution is 2.33. The first-order valence-electron chi connectivity index (χ1n) is 6.08. The number of hydrogen-bond acceptors (Lipinski definition) is 5.